The van der Waals surface area contributed by atoms with Gasteiger partial charge in [0, 0.05) is 18.0 Å². The molecule has 2 aliphatic heterocycles. The molecule has 0 aromatic heterocycles. The first-order valence-corrected chi connectivity index (χ1v) is 10.2. The van der Waals surface area contributed by atoms with E-state index in [0.29, 0.717) is 18.7 Å². The van der Waals surface area contributed by atoms with Gasteiger partial charge in [-0.05, 0) is 19.3 Å². The van der Waals surface area contributed by atoms with Gasteiger partial charge >= 0.3 is 7.82 Å². The molecule has 140 valence electrons. The van der Waals surface area contributed by atoms with Gasteiger partial charge in [0.1, 0.15) is 6.17 Å². The number of hydrogen-bond donors (Lipinski definition) is 6. The Morgan fingerprint density at radius 1 is 1.44 bits per heavy atom. The standard InChI is InChI=1S/C14H25N6O4P/c15-14-18-12(17-9-2-3-9)11-13(19-14)20(7-16-11)10-4-1-8(5-10)6-24-25(21,22)23/h1,4,8-13,16-17H,2-3,5-7H2,(H3,15,18,19)(H2,21,22,23)/t8-,10+,11?,12?,13?/m1/s1. The summed E-state index contributed by atoms with van der Waals surface area (Å²) < 4.78 is 15.5. The number of aliphatic imine (C=N–C) groups is 1. The molecule has 2 fully saturated rings. The number of guanidine groups is 1. The van der Waals surface area contributed by atoms with Gasteiger partial charge in [-0.1, -0.05) is 12.2 Å². The van der Waals surface area contributed by atoms with Crippen LogP contribution in [0.15, 0.2) is 17.1 Å². The van der Waals surface area contributed by atoms with Gasteiger partial charge in [0.25, 0.3) is 0 Å². The van der Waals surface area contributed by atoms with Gasteiger partial charge in [-0.15, -0.1) is 0 Å². The summed E-state index contributed by atoms with van der Waals surface area (Å²) >= 11 is 0. The molecule has 7 N–H and O–H groups in total. The van der Waals surface area contributed by atoms with Gasteiger partial charge in [0.15, 0.2) is 5.96 Å². The molecule has 4 aliphatic rings. The van der Waals surface area contributed by atoms with Crippen molar-refractivity contribution in [2.24, 2.45) is 16.6 Å². The van der Waals surface area contributed by atoms with E-state index in [0.717, 1.165) is 6.42 Å². The van der Waals surface area contributed by atoms with Gasteiger partial charge in [-0.3, -0.25) is 20.1 Å². The van der Waals surface area contributed by atoms with E-state index in [1.54, 1.807) is 0 Å². The summed E-state index contributed by atoms with van der Waals surface area (Å²) in [5, 5.41) is 10.3. The topological polar surface area (TPSA) is 144 Å². The smallest absolute Gasteiger partial charge is 0.370 e. The third-order valence-corrected chi connectivity index (χ3v) is 5.61. The zero-order valence-corrected chi connectivity index (χ0v) is 14.7. The monoisotopic (exact) mass is 372 g/mol. The average molecular weight is 372 g/mol. The molecule has 5 atom stereocenters. The Kier molecular flexibility index (Phi) is 4.61. The molecule has 10 nitrogen and oxygen atoms in total. The Labute approximate surface area is 146 Å². The Bertz CT molecular complexity index is 620. The highest BCUT2D eigenvalue weighted by Crippen LogP contribution is 2.38. The molecular weight excluding hydrogens is 347 g/mol. The van der Waals surface area contributed by atoms with Crippen LogP contribution in [0.25, 0.3) is 0 Å². The number of rotatable bonds is 6. The first-order chi connectivity index (χ1) is 11.9. The van der Waals surface area contributed by atoms with Crippen molar-refractivity contribution >= 4 is 13.8 Å². The van der Waals surface area contributed by atoms with Gasteiger partial charge in [-0.25, -0.2) is 9.56 Å². The quantitative estimate of drug-likeness (QED) is 0.245. The molecule has 25 heavy (non-hydrogen) atoms. The molecule has 4 rings (SSSR count). The third-order valence-electron chi connectivity index (χ3n) is 5.13. The van der Waals surface area contributed by atoms with Crippen molar-refractivity contribution in [1.29, 1.82) is 0 Å². The maximum atomic E-state index is 10.9. The number of phosphoric ester groups is 1. The van der Waals surface area contributed by atoms with Crippen molar-refractivity contribution in [2.75, 3.05) is 13.3 Å². The lowest BCUT2D eigenvalue weighted by Gasteiger charge is -2.36. The van der Waals surface area contributed by atoms with Crippen molar-refractivity contribution in [3.05, 3.63) is 12.2 Å². The van der Waals surface area contributed by atoms with Crippen LogP contribution in [-0.2, 0) is 9.09 Å². The Hall–Kier alpha value is -1.00. The Morgan fingerprint density at radius 3 is 2.96 bits per heavy atom. The summed E-state index contributed by atoms with van der Waals surface area (Å²) in [5.74, 6) is 0.427. The molecule has 0 bridgehead atoms. The molecule has 0 spiro atoms. The summed E-state index contributed by atoms with van der Waals surface area (Å²) in [5.41, 5.74) is 5.98. The number of hydrogen-bond acceptors (Lipinski definition) is 8. The Morgan fingerprint density at radius 2 is 2.24 bits per heavy atom. The van der Waals surface area contributed by atoms with Crippen LogP contribution in [0.3, 0.4) is 0 Å². The molecule has 2 heterocycles. The third kappa shape index (κ3) is 4.06. The molecule has 3 unspecified atom stereocenters. The van der Waals surface area contributed by atoms with Crippen molar-refractivity contribution < 1.29 is 18.9 Å². The second kappa shape index (κ2) is 6.62. The van der Waals surface area contributed by atoms with E-state index in [9.17, 15) is 4.57 Å². The number of fused-ring (bicyclic) bond motifs is 1. The summed E-state index contributed by atoms with van der Waals surface area (Å²) in [6, 6.07) is 0.830. The van der Waals surface area contributed by atoms with E-state index in [1.165, 1.54) is 12.8 Å². The molecule has 0 aromatic rings. The maximum Gasteiger partial charge on any atom is 0.469 e. The van der Waals surface area contributed by atoms with Crippen molar-refractivity contribution in [3.63, 3.8) is 0 Å². The molecular formula is C14H25N6O4P. The fourth-order valence-electron chi connectivity index (χ4n) is 3.77. The van der Waals surface area contributed by atoms with Gasteiger partial charge in [-0.2, -0.15) is 0 Å². The van der Waals surface area contributed by atoms with Crippen LogP contribution >= 0.6 is 7.82 Å². The van der Waals surface area contributed by atoms with Gasteiger partial charge in [0.2, 0.25) is 0 Å². The van der Waals surface area contributed by atoms with E-state index in [4.69, 9.17) is 15.5 Å². The summed E-state index contributed by atoms with van der Waals surface area (Å²) in [4.78, 5) is 24.5. The SMILES string of the molecule is NC1=NC2C(NCN2[C@H]2C=C[C@@H](COP(=O)(O)O)C2)C(NC2CC2)N1. The minimum absolute atomic E-state index is 0.0138. The van der Waals surface area contributed by atoms with Crippen LogP contribution in [0, 0.1) is 5.92 Å². The summed E-state index contributed by atoms with van der Waals surface area (Å²) in [6.07, 6.45) is 7.16. The fourth-order valence-corrected chi connectivity index (χ4v) is 4.15. The predicted molar refractivity (Wildman–Crippen MR) is 91.2 cm³/mol. The van der Waals surface area contributed by atoms with Crippen molar-refractivity contribution in [1.82, 2.24) is 20.9 Å². The first-order valence-electron chi connectivity index (χ1n) is 8.62. The molecule has 11 heteroatoms. The van der Waals surface area contributed by atoms with Gasteiger partial charge in [0.05, 0.1) is 25.5 Å². The highest BCUT2D eigenvalue weighted by Gasteiger charge is 2.46. The van der Waals surface area contributed by atoms with Gasteiger partial charge < -0.3 is 20.8 Å². The van der Waals surface area contributed by atoms with Crippen LogP contribution in [0.4, 0.5) is 0 Å². The molecule has 2 aliphatic carbocycles. The lowest BCUT2D eigenvalue weighted by Crippen LogP contribution is -2.64. The normalized spacial score (nSPS) is 38.5. The molecule has 0 radical (unpaired) electrons. The van der Waals surface area contributed by atoms with E-state index < -0.39 is 7.82 Å². The van der Waals surface area contributed by atoms with Crippen LogP contribution in [0.5, 0.6) is 0 Å². The second-order valence-corrected chi connectivity index (χ2v) is 8.37. The zero-order valence-electron chi connectivity index (χ0n) is 13.8. The van der Waals surface area contributed by atoms with E-state index in [2.05, 4.69) is 36.4 Å². The number of phosphoric acid groups is 1. The molecule has 1 saturated heterocycles. The summed E-state index contributed by atoms with van der Waals surface area (Å²) in [7, 11) is -4.43. The van der Waals surface area contributed by atoms with Crippen LogP contribution in [-0.4, -0.2) is 64.4 Å². The summed E-state index contributed by atoms with van der Waals surface area (Å²) in [6.45, 7) is 0.711. The largest absolute Gasteiger partial charge is 0.469 e. The van der Waals surface area contributed by atoms with E-state index >= 15 is 0 Å². The van der Waals surface area contributed by atoms with Crippen LogP contribution < -0.4 is 21.7 Å². The molecule has 0 aromatic carbocycles. The lowest BCUT2D eigenvalue weighted by atomic mass is 10.1. The number of nitrogens with zero attached hydrogens (tertiary/aromatic N) is 2. The highest BCUT2D eigenvalue weighted by atomic mass is 31.2. The lowest BCUT2D eigenvalue weighted by molar-refractivity contribution is 0.153. The number of nitrogens with two attached hydrogens (primary N) is 1. The first kappa shape index (κ1) is 17.4. The fraction of sp³-hybridized carbons (Fsp3) is 0.786. The second-order valence-electron chi connectivity index (χ2n) is 7.13. The van der Waals surface area contributed by atoms with Crippen LogP contribution in [0.1, 0.15) is 19.3 Å². The Balaban J connectivity index is 1.38. The van der Waals surface area contributed by atoms with E-state index in [1.807, 2.05) is 6.08 Å². The zero-order chi connectivity index (χ0) is 17.6. The number of nitrogens with one attached hydrogen (secondary N) is 3. The average Bonchev–Trinajstić information content (AvgIpc) is 3.06. The molecule has 1 saturated carbocycles. The predicted octanol–water partition coefficient (Wildman–Crippen LogP) is -1.41. The highest BCUT2D eigenvalue weighted by molar-refractivity contribution is 7.46. The molecule has 0 amide bonds. The van der Waals surface area contributed by atoms with Crippen molar-refractivity contribution in [2.45, 2.75) is 49.7 Å². The van der Waals surface area contributed by atoms with Crippen molar-refractivity contribution in [3.8, 4) is 0 Å². The minimum Gasteiger partial charge on any atom is -0.370 e. The van der Waals surface area contributed by atoms with E-state index in [-0.39, 0.29) is 36.9 Å². The maximum absolute atomic E-state index is 10.9. The van der Waals surface area contributed by atoms with Crippen LogP contribution in [0.2, 0.25) is 0 Å². The minimum atomic E-state index is -4.43.